The number of amides is 1. The second-order valence-corrected chi connectivity index (χ2v) is 7.29. The maximum atomic E-state index is 13.0. The van der Waals surface area contributed by atoms with Crippen molar-refractivity contribution in [3.05, 3.63) is 47.7 Å². The number of hydrogen-bond donors (Lipinski definition) is 1. The number of ether oxygens (including phenoxy) is 2. The molecule has 2 aliphatic heterocycles. The average Bonchev–Trinajstić information content (AvgIpc) is 2.73. The SMILES string of the molecule is CCO[C@@H]1OC(C(=O)N2CCCCC2)=C[C@H](c2ccccc2)[C@@H]1CCCO. The number of benzene rings is 1. The molecule has 1 amide bonds. The van der Waals surface area contributed by atoms with Crippen LogP contribution >= 0.6 is 0 Å². The first kappa shape index (κ1) is 19.9. The molecule has 0 spiro atoms. The zero-order valence-corrected chi connectivity index (χ0v) is 16.2. The summed E-state index contributed by atoms with van der Waals surface area (Å²) in [7, 11) is 0. The summed E-state index contributed by atoms with van der Waals surface area (Å²) < 4.78 is 12.0. The summed E-state index contributed by atoms with van der Waals surface area (Å²) in [6, 6.07) is 10.2. The van der Waals surface area contributed by atoms with Crippen molar-refractivity contribution in [1.82, 2.24) is 4.90 Å². The minimum absolute atomic E-state index is 0.0269. The molecule has 1 fully saturated rings. The predicted molar refractivity (Wildman–Crippen MR) is 104 cm³/mol. The summed E-state index contributed by atoms with van der Waals surface area (Å²) in [6.45, 7) is 4.19. The second kappa shape index (κ2) is 9.90. The molecular weight excluding hydrogens is 342 g/mol. The number of allylic oxidation sites excluding steroid dienone is 1. The van der Waals surface area contributed by atoms with Crippen molar-refractivity contribution in [2.24, 2.45) is 5.92 Å². The molecule has 1 saturated heterocycles. The van der Waals surface area contributed by atoms with Crippen molar-refractivity contribution < 1.29 is 19.4 Å². The van der Waals surface area contributed by atoms with Gasteiger partial charge in [0.25, 0.3) is 5.91 Å². The number of piperidine rings is 1. The lowest BCUT2D eigenvalue weighted by molar-refractivity contribution is -0.170. The highest BCUT2D eigenvalue weighted by Crippen LogP contribution is 2.39. The number of likely N-dealkylation sites (tertiary alicyclic amines) is 1. The Labute approximate surface area is 162 Å². The van der Waals surface area contributed by atoms with Gasteiger partial charge in [0.2, 0.25) is 6.29 Å². The van der Waals surface area contributed by atoms with E-state index in [2.05, 4.69) is 12.1 Å². The highest BCUT2D eigenvalue weighted by atomic mass is 16.7. The Morgan fingerprint density at radius 2 is 1.96 bits per heavy atom. The summed E-state index contributed by atoms with van der Waals surface area (Å²) in [5.41, 5.74) is 1.15. The van der Waals surface area contributed by atoms with E-state index in [0.29, 0.717) is 18.8 Å². The van der Waals surface area contributed by atoms with Crippen molar-refractivity contribution in [3.8, 4) is 0 Å². The number of carbonyl (C=O) groups is 1. The zero-order chi connectivity index (χ0) is 19.1. The van der Waals surface area contributed by atoms with Crippen LogP contribution in [0.2, 0.25) is 0 Å². The Bertz CT molecular complexity index is 624. The summed E-state index contributed by atoms with van der Waals surface area (Å²) in [5, 5.41) is 9.32. The normalized spacial score (nSPS) is 25.6. The molecule has 5 nitrogen and oxygen atoms in total. The molecule has 3 atom stereocenters. The highest BCUT2D eigenvalue weighted by molar-refractivity contribution is 5.91. The van der Waals surface area contributed by atoms with Crippen LogP contribution in [-0.2, 0) is 14.3 Å². The molecule has 2 heterocycles. The molecule has 148 valence electrons. The fraction of sp³-hybridized carbons (Fsp3) is 0.591. The third-order valence-corrected chi connectivity index (χ3v) is 5.45. The zero-order valence-electron chi connectivity index (χ0n) is 16.2. The van der Waals surface area contributed by atoms with Gasteiger partial charge in [-0.2, -0.15) is 0 Å². The minimum atomic E-state index is -0.472. The quantitative estimate of drug-likeness (QED) is 0.795. The molecule has 0 bridgehead atoms. The molecule has 1 aromatic carbocycles. The van der Waals surface area contributed by atoms with Crippen LogP contribution in [0.4, 0.5) is 0 Å². The van der Waals surface area contributed by atoms with Crippen LogP contribution in [0.1, 0.15) is 50.5 Å². The smallest absolute Gasteiger partial charge is 0.288 e. The third kappa shape index (κ3) is 4.90. The standard InChI is InChI=1S/C22H31NO4/c1-2-26-22-18(12-9-15-24)19(17-10-5-3-6-11-17)16-20(27-22)21(25)23-13-7-4-8-14-23/h3,5-6,10-11,16,18-19,22,24H,2,4,7-9,12-15H2,1H3/t18-,19+,22+/m0/s1. The van der Waals surface area contributed by atoms with E-state index in [-0.39, 0.29) is 24.3 Å². The van der Waals surface area contributed by atoms with E-state index >= 15 is 0 Å². The molecule has 2 aliphatic rings. The van der Waals surface area contributed by atoms with Crippen molar-refractivity contribution in [2.45, 2.75) is 51.2 Å². The first-order valence-electron chi connectivity index (χ1n) is 10.2. The largest absolute Gasteiger partial charge is 0.459 e. The lowest BCUT2D eigenvalue weighted by Crippen LogP contribution is -2.42. The van der Waals surface area contributed by atoms with E-state index in [1.165, 1.54) is 6.42 Å². The van der Waals surface area contributed by atoms with Crippen LogP contribution in [0, 0.1) is 5.92 Å². The molecule has 1 aromatic rings. The van der Waals surface area contributed by atoms with Crippen LogP contribution in [0.25, 0.3) is 0 Å². The summed E-state index contributed by atoms with van der Waals surface area (Å²) in [5.74, 6) is 0.481. The fourth-order valence-electron chi connectivity index (χ4n) is 4.07. The van der Waals surface area contributed by atoms with E-state index in [9.17, 15) is 9.90 Å². The summed E-state index contributed by atoms with van der Waals surface area (Å²) in [6.07, 6.45) is 6.25. The van der Waals surface area contributed by atoms with Gasteiger partial charge in [-0.05, 0) is 50.7 Å². The molecular formula is C22H31NO4. The van der Waals surface area contributed by atoms with E-state index in [1.807, 2.05) is 36.1 Å². The van der Waals surface area contributed by atoms with E-state index in [4.69, 9.17) is 9.47 Å². The van der Waals surface area contributed by atoms with Gasteiger partial charge in [-0.3, -0.25) is 4.79 Å². The van der Waals surface area contributed by atoms with Gasteiger partial charge in [0.05, 0.1) is 0 Å². The first-order chi connectivity index (χ1) is 13.2. The molecule has 0 aliphatic carbocycles. The molecule has 0 saturated carbocycles. The number of aliphatic hydroxyl groups is 1. The minimum Gasteiger partial charge on any atom is -0.459 e. The van der Waals surface area contributed by atoms with Crippen molar-refractivity contribution in [3.63, 3.8) is 0 Å². The van der Waals surface area contributed by atoms with Crippen LogP contribution in [0.5, 0.6) is 0 Å². The van der Waals surface area contributed by atoms with Gasteiger partial charge in [-0.1, -0.05) is 30.3 Å². The van der Waals surface area contributed by atoms with Gasteiger partial charge in [0, 0.05) is 38.1 Å². The molecule has 0 radical (unpaired) electrons. The van der Waals surface area contributed by atoms with E-state index in [0.717, 1.165) is 37.9 Å². The molecule has 1 N–H and O–H groups in total. The summed E-state index contributed by atoms with van der Waals surface area (Å²) >= 11 is 0. The lowest BCUT2D eigenvalue weighted by atomic mass is 9.80. The van der Waals surface area contributed by atoms with Gasteiger partial charge in [0.15, 0.2) is 5.76 Å². The molecule has 0 aromatic heterocycles. The highest BCUT2D eigenvalue weighted by Gasteiger charge is 2.38. The maximum Gasteiger partial charge on any atom is 0.288 e. The van der Waals surface area contributed by atoms with Gasteiger partial charge in [-0.15, -0.1) is 0 Å². The second-order valence-electron chi connectivity index (χ2n) is 7.29. The molecule has 0 unspecified atom stereocenters. The Kier molecular flexibility index (Phi) is 7.30. The van der Waals surface area contributed by atoms with Crippen molar-refractivity contribution in [2.75, 3.05) is 26.3 Å². The van der Waals surface area contributed by atoms with Crippen molar-refractivity contribution >= 4 is 5.91 Å². The van der Waals surface area contributed by atoms with Crippen LogP contribution in [0.15, 0.2) is 42.2 Å². The lowest BCUT2D eigenvalue weighted by Gasteiger charge is -2.38. The van der Waals surface area contributed by atoms with Gasteiger partial charge >= 0.3 is 0 Å². The van der Waals surface area contributed by atoms with E-state index in [1.54, 1.807) is 0 Å². The fourth-order valence-corrected chi connectivity index (χ4v) is 4.07. The van der Waals surface area contributed by atoms with Crippen LogP contribution < -0.4 is 0 Å². The van der Waals surface area contributed by atoms with Crippen LogP contribution in [0.3, 0.4) is 0 Å². The Balaban J connectivity index is 1.90. The third-order valence-electron chi connectivity index (χ3n) is 5.45. The predicted octanol–water partition coefficient (Wildman–Crippen LogP) is 3.45. The topological polar surface area (TPSA) is 59.0 Å². The van der Waals surface area contributed by atoms with Crippen molar-refractivity contribution in [1.29, 1.82) is 0 Å². The van der Waals surface area contributed by atoms with Gasteiger partial charge < -0.3 is 19.5 Å². The van der Waals surface area contributed by atoms with Gasteiger partial charge in [0.1, 0.15) is 0 Å². The number of aliphatic hydroxyl groups excluding tert-OH is 1. The van der Waals surface area contributed by atoms with Crippen LogP contribution in [-0.4, -0.2) is 48.5 Å². The molecule has 27 heavy (non-hydrogen) atoms. The average molecular weight is 373 g/mol. The number of hydrogen-bond acceptors (Lipinski definition) is 4. The molecule has 5 heteroatoms. The molecule has 3 rings (SSSR count). The van der Waals surface area contributed by atoms with E-state index < -0.39 is 6.29 Å². The first-order valence-corrected chi connectivity index (χ1v) is 10.2. The number of nitrogens with zero attached hydrogens (tertiary/aromatic N) is 1. The number of carbonyl (C=O) groups excluding carboxylic acids is 1. The summed E-state index contributed by atoms with van der Waals surface area (Å²) in [4.78, 5) is 14.9. The monoisotopic (exact) mass is 373 g/mol. The maximum absolute atomic E-state index is 13.0. The number of rotatable bonds is 7. The Morgan fingerprint density at radius 1 is 1.22 bits per heavy atom. The van der Waals surface area contributed by atoms with Gasteiger partial charge in [-0.25, -0.2) is 0 Å². The Morgan fingerprint density at radius 3 is 2.63 bits per heavy atom. The Hall–Kier alpha value is -1.85.